The molecule has 1 aromatic heterocycles. The molecule has 4 rings (SSSR count). The van der Waals surface area contributed by atoms with Crippen molar-refractivity contribution in [2.75, 3.05) is 0 Å². The van der Waals surface area contributed by atoms with E-state index >= 15 is 0 Å². The van der Waals surface area contributed by atoms with Gasteiger partial charge in [0.1, 0.15) is 5.82 Å². The fourth-order valence-electron chi connectivity index (χ4n) is 4.64. The molecule has 6 nitrogen and oxygen atoms in total. The largest absolute Gasteiger partial charge is 0.478 e. The lowest BCUT2D eigenvalue weighted by Gasteiger charge is -2.19. The third-order valence-corrected chi connectivity index (χ3v) is 6.94. The van der Waals surface area contributed by atoms with Crippen molar-refractivity contribution in [2.24, 2.45) is 0 Å². The summed E-state index contributed by atoms with van der Waals surface area (Å²) < 4.78 is 0. The molecule has 0 saturated carbocycles. The Kier molecular flexibility index (Phi) is 9.25. The van der Waals surface area contributed by atoms with Gasteiger partial charge in [-0.25, -0.2) is 9.78 Å². The number of aromatic amines is 1. The number of carboxylic acids is 1. The summed E-state index contributed by atoms with van der Waals surface area (Å²) in [7, 11) is 0. The number of hydrogen-bond acceptors (Lipinski definition) is 3. The van der Waals surface area contributed by atoms with Crippen LogP contribution in [0.15, 0.2) is 84.9 Å². The van der Waals surface area contributed by atoms with E-state index in [-0.39, 0.29) is 23.1 Å². The van der Waals surface area contributed by atoms with Crippen molar-refractivity contribution < 1.29 is 14.7 Å². The predicted octanol–water partition coefficient (Wildman–Crippen LogP) is 8.34. The molecule has 0 aliphatic rings. The van der Waals surface area contributed by atoms with Crippen LogP contribution in [0.2, 0.25) is 5.02 Å². The maximum Gasteiger partial charge on any atom is 0.336 e. The van der Waals surface area contributed by atoms with Crippen molar-refractivity contribution in [1.82, 2.24) is 15.3 Å². The maximum atomic E-state index is 13.2. The topological polar surface area (TPSA) is 95.1 Å². The third-order valence-electron chi connectivity index (χ3n) is 6.58. The quantitative estimate of drug-likeness (QED) is 0.166. The lowest BCUT2D eigenvalue weighted by molar-refractivity contribution is 0.0696. The summed E-state index contributed by atoms with van der Waals surface area (Å²) in [5.41, 5.74) is 6.16. The van der Waals surface area contributed by atoms with Gasteiger partial charge in [-0.15, -0.1) is 0 Å². The monoisotopic (exact) mass is 573 g/mol. The summed E-state index contributed by atoms with van der Waals surface area (Å²) in [5.74, 6) is -1.06. The SMILES string of the molecule is C=C(/C(=C\C=C/Cl)c1nc2c(C)cc(Cl)cc2[nH]1)c1ccc(C(=O)N[C@H](CCC)c2ccccc2)cc1C(=O)O. The number of benzene rings is 3. The van der Waals surface area contributed by atoms with E-state index in [0.29, 0.717) is 27.6 Å². The first-order valence-corrected chi connectivity index (χ1v) is 13.6. The van der Waals surface area contributed by atoms with Crippen molar-refractivity contribution in [3.8, 4) is 0 Å². The van der Waals surface area contributed by atoms with E-state index in [1.54, 1.807) is 30.4 Å². The molecule has 0 radical (unpaired) electrons. The lowest BCUT2D eigenvalue weighted by atomic mass is 9.92. The molecule has 3 N–H and O–H groups in total. The van der Waals surface area contributed by atoms with Crippen LogP contribution in [0.5, 0.6) is 0 Å². The summed E-state index contributed by atoms with van der Waals surface area (Å²) in [6.07, 6.45) is 4.93. The number of carbonyl (C=O) groups excluding carboxylic acids is 1. The van der Waals surface area contributed by atoms with Crippen LogP contribution >= 0.6 is 23.2 Å². The van der Waals surface area contributed by atoms with Gasteiger partial charge in [0.05, 0.1) is 22.6 Å². The standard InChI is InChI=1S/C32H29Cl2N3O3/c1-4-9-27(21-10-6-5-7-11-21)36-31(38)22-13-14-24(26(17-22)32(39)40)20(3)25(12-8-15-33)30-35-28-18-23(34)16-19(2)29(28)37-30/h5-8,10-18,27H,3-4,9H2,1-2H3,(H,35,37)(H,36,38)(H,39,40)/b15-8-,25-12+/t27-/m1/s1. The number of H-pyrrole nitrogens is 1. The second-order valence-corrected chi connectivity index (χ2v) is 10.1. The van der Waals surface area contributed by atoms with E-state index in [1.807, 2.05) is 50.2 Å². The zero-order chi connectivity index (χ0) is 28.8. The molecule has 3 aromatic carbocycles. The van der Waals surface area contributed by atoms with Crippen LogP contribution in [0.4, 0.5) is 0 Å². The number of rotatable bonds is 10. The van der Waals surface area contributed by atoms with E-state index in [2.05, 4.69) is 16.9 Å². The molecule has 0 bridgehead atoms. The molecule has 0 spiro atoms. The molecule has 0 saturated heterocycles. The van der Waals surface area contributed by atoms with Gasteiger partial charge in [-0.3, -0.25) is 4.79 Å². The molecule has 1 heterocycles. The number of carboxylic acid groups (broad SMARTS) is 1. The first kappa shape index (κ1) is 28.9. The highest BCUT2D eigenvalue weighted by Crippen LogP contribution is 2.33. The van der Waals surface area contributed by atoms with Crippen molar-refractivity contribution >= 4 is 57.3 Å². The fourth-order valence-corrected chi connectivity index (χ4v) is 4.98. The van der Waals surface area contributed by atoms with Gasteiger partial charge in [-0.1, -0.05) is 85.6 Å². The average molecular weight is 575 g/mol. The maximum absolute atomic E-state index is 13.2. The summed E-state index contributed by atoms with van der Waals surface area (Å²) in [6, 6.07) is 17.7. The smallest absolute Gasteiger partial charge is 0.336 e. The van der Waals surface area contributed by atoms with Crippen molar-refractivity contribution in [3.63, 3.8) is 0 Å². The second kappa shape index (κ2) is 12.8. The molecule has 0 aliphatic heterocycles. The third kappa shape index (κ3) is 6.36. The first-order valence-electron chi connectivity index (χ1n) is 12.8. The van der Waals surface area contributed by atoms with E-state index in [4.69, 9.17) is 28.2 Å². The number of nitrogens with one attached hydrogen (secondary N) is 2. The summed E-state index contributed by atoms with van der Waals surface area (Å²) in [6.45, 7) is 8.16. The molecule has 0 fully saturated rings. The minimum absolute atomic E-state index is 0.0551. The number of carbonyl (C=O) groups is 2. The number of fused-ring (bicyclic) bond motifs is 1. The highest BCUT2D eigenvalue weighted by atomic mass is 35.5. The number of allylic oxidation sites excluding steroid dienone is 4. The van der Waals surface area contributed by atoms with Gasteiger partial charge in [0.25, 0.3) is 5.91 Å². The van der Waals surface area contributed by atoms with Gasteiger partial charge in [0.15, 0.2) is 0 Å². The Balaban J connectivity index is 1.71. The fraction of sp³-hybridized carbons (Fsp3) is 0.156. The van der Waals surface area contributed by atoms with Crippen LogP contribution in [-0.2, 0) is 0 Å². The molecule has 40 heavy (non-hydrogen) atoms. The van der Waals surface area contributed by atoms with Crippen molar-refractivity contribution in [3.05, 3.63) is 124 Å². The number of amides is 1. The van der Waals surface area contributed by atoms with Gasteiger partial charge < -0.3 is 15.4 Å². The van der Waals surface area contributed by atoms with E-state index in [0.717, 1.165) is 35.0 Å². The number of nitrogens with zero attached hydrogens (tertiary/aromatic N) is 1. The van der Waals surface area contributed by atoms with Crippen LogP contribution in [-0.4, -0.2) is 27.0 Å². The summed E-state index contributed by atoms with van der Waals surface area (Å²) >= 11 is 12.0. The Labute approximate surface area is 243 Å². The number of hydrogen-bond donors (Lipinski definition) is 3. The Hall–Kier alpha value is -4.13. The molecule has 4 aromatic rings. The molecular formula is C32H29Cl2N3O3. The molecule has 0 aliphatic carbocycles. The van der Waals surface area contributed by atoms with Crippen LogP contribution in [0.1, 0.15) is 69.0 Å². The number of imidazole rings is 1. The Morgan fingerprint density at radius 2 is 1.88 bits per heavy atom. The second-order valence-electron chi connectivity index (χ2n) is 9.37. The summed E-state index contributed by atoms with van der Waals surface area (Å²) in [4.78, 5) is 33.6. The minimum Gasteiger partial charge on any atom is -0.478 e. The lowest BCUT2D eigenvalue weighted by Crippen LogP contribution is -2.28. The van der Waals surface area contributed by atoms with Gasteiger partial charge in [-0.05, 0) is 65.9 Å². The molecule has 1 amide bonds. The first-order chi connectivity index (χ1) is 19.2. The van der Waals surface area contributed by atoms with Gasteiger partial charge in [-0.2, -0.15) is 0 Å². The van der Waals surface area contributed by atoms with Crippen molar-refractivity contribution in [1.29, 1.82) is 0 Å². The van der Waals surface area contributed by atoms with E-state index in [9.17, 15) is 14.7 Å². The molecule has 204 valence electrons. The van der Waals surface area contributed by atoms with E-state index < -0.39 is 5.97 Å². The molecule has 8 heteroatoms. The van der Waals surface area contributed by atoms with Gasteiger partial charge in [0, 0.05) is 21.7 Å². The minimum atomic E-state index is -1.18. The Morgan fingerprint density at radius 3 is 2.55 bits per heavy atom. The van der Waals surface area contributed by atoms with Gasteiger partial charge >= 0.3 is 5.97 Å². The zero-order valence-electron chi connectivity index (χ0n) is 22.2. The van der Waals surface area contributed by atoms with Crippen LogP contribution < -0.4 is 5.32 Å². The predicted molar refractivity (Wildman–Crippen MR) is 163 cm³/mol. The molecule has 0 unspecified atom stereocenters. The zero-order valence-corrected chi connectivity index (χ0v) is 23.7. The van der Waals surface area contributed by atoms with Crippen LogP contribution in [0.25, 0.3) is 22.2 Å². The Morgan fingerprint density at radius 1 is 1.12 bits per heavy atom. The number of aryl methyl sites for hydroxylation is 1. The number of aromatic nitrogens is 2. The van der Waals surface area contributed by atoms with Gasteiger partial charge in [0.2, 0.25) is 0 Å². The normalized spacial score (nSPS) is 12.6. The highest BCUT2D eigenvalue weighted by molar-refractivity contribution is 6.31. The highest BCUT2D eigenvalue weighted by Gasteiger charge is 2.22. The van der Waals surface area contributed by atoms with Crippen LogP contribution in [0.3, 0.4) is 0 Å². The number of aromatic carboxylic acids is 1. The van der Waals surface area contributed by atoms with Crippen molar-refractivity contribution in [2.45, 2.75) is 32.7 Å². The summed E-state index contributed by atoms with van der Waals surface area (Å²) in [5, 5.41) is 13.7. The van der Waals surface area contributed by atoms with E-state index in [1.165, 1.54) is 11.6 Å². The molecular weight excluding hydrogens is 545 g/mol. The Bertz CT molecular complexity index is 1640. The number of halogens is 2. The molecule has 1 atom stereocenters. The van der Waals surface area contributed by atoms with Crippen LogP contribution in [0, 0.1) is 6.92 Å². The average Bonchev–Trinajstić information content (AvgIpc) is 3.37.